The largest absolute Gasteiger partial charge is 0.456 e. The van der Waals surface area contributed by atoms with Crippen molar-refractivity contribution in [2.24, 2.45) is 11.8 Å². The molecule has 0 aliphatic heterocycles. The van der Waals surface area contributed by atoms with E-state index >= 15 is 0 Å². The zero-order valence-electron chi connectivity index (χ0n) is 16.8. The van der Waals surface area contributed by atoms with Gasteiger partial charge in [-0.25, -0.2) is 4.79 Å². The first-order valence-corrected chi connectivity index (χ1v) is 9.52. The van der Waals surface area contributed by atoms with Crippen LogP contribution in [0.4, 0.5) is 0 Å². The third kappa shape index (κ3) is 3.39. The van der Waals surface area contributed by atoms with Crippen molar-refractivity contribution in [3.63, 3.8) is 0 Å². The molecule has 1 fully saturated rings. The molecule has 0 radical (unpaired) electrons. The lowest BCUT2D eigenvalue weighted by molar-refractivity contribution is -0.193. The van der Waals surface area contributed by atoms with Crippen LogP contribution in [0.1, 0.15) is 67.2 Å². The molecule has 0 saturated heterocycles. The number of carbonyl (C=O) groups excluding carboxylic acids is 2. The minimum atomic E-state index is -1.73. The number of fused-ring (bicyclic) bond motifs is 1. The predicted molar refractivity (Wildman–Crippen MR) is 99.4 cm³/mol. The van der Waals surface area contributed by atoms with E-state index in [0.717, 1.165) is 17.6 Å². The Kier molecular flexibility index (Phi) is 5.83. The maximum atomic E-state index is 13.1. The van der Waals surface area contributed by atoms with Gasteiger partial charge in [0.1, 0.15) is 17.3 Å². The van der Waals surface area contributed by atoms with Crippen LogP contribution in [0.2, 0.25) is 0 Å². The summed E-state index contributed by atoms with van der Waals surface area (Å²) in [5.41, 5.74) is -1.41. The van der Waals surface area contributed by atoms with Crippen LogP contribution in [0, 0.1) is 11.8 Å². The third-order valence-corrected chi connectivity index (χ3v) is 6.20. The lowest BCUT2D eigenvalue weighted by Gasteiger charge is -2.42. The Labute approximate surface area is 156 Å². The first-order chi connectivity index (χ1) is 12.0. The van der Waals surface area contributed by atoms with Gasteiger partial charge in [-0.2, -0.15) is 0 Å². The molecule has 0 aromatic heterocycles. The minimum absolute atomic E-state index is 0.00988. The third-order valence-electron chi connectivity index (χ3n) is 6.20. The zero-order chi connectivity index (χ0) is 19.9. The van der Waals surface area contributed by atoms with Gasteiger partial charge in [0.15, 0.2) is 5.78 Å². The number of rotatable bonds is 4. The van der Waals surface area contributed by atoms with Crippen molar-refractivity contribution in [2.45, 2.75) is 84.5 Å². The smallest absolute Gasteiger partial charge is 0.331 e. The molecular formula is C21H32O5. The Morgan fingerprint density at radius 1 is 1.38 bits per heavy atom. The van der Waals surface area contributed by atoms with Crippen LogP contribution in [0.25, 0.3) is 0 Å². The Hall–Kier alpha value is -1.46. The maximum absolute atomic E-state index is 13.1. The molecule has 5 heteroatoms. The summed E-state index contributed by atoms with van der Waals surface area (Å²) in [4.78, 5) is 25.5. The number of allylic oxidation sites excluding steroid dienone is 2. The standard InChI is InChI=1S/C21H32O5/c1-7-13(4)10-17(22)26-16-11-15(12(2)3)19(23)18-14(5)8-9-21(18,25)20(16,6)24/h10,12,15-16,24-25H,7-9,11H2,1-6H3/b13-10+/t15-,16-,20+,21-/m1/s1. The average molecular weight is 364 g/mol. The molecule has 0 aromatic rings. The number of Topliss-reactive ketones (excluding diaryl/α,β-unsaturated/α-hetero) is 1. The summed E-state index contributed by atoms with van der Waals surface area (Å²) >= 11 is 0. The fourth-order valence-electron chi connectivity index (χ4n) is 4.13. The van der Waals surface area contributed by atoms with Crippen LogP contribution in [0.5, 0.6) is 0 Å². The molecule has 0 bridgehead atoms. The lowest BCUT2D eigenvalue weighted by atomic mass is 9.76. The van der Waals surface area contributed by atoms with Gasteiger partial charge in [0, 0.05) is 17.6 Å². The topological polar surface area (TPSA) is 83.8 Å². The zero-order valence-corrected chi connectivity index (χ0v) is 16.8. The van der Waals surface area contributed by atoms with Gasteiger partial charge in [-0.1, -0.05) is 31.9 Å². The Bertz CT molecular complexity index is 655. The van der Waals surface area contributed by atoms with Crippen molar-refractivity contribution in [1.29, 1.82) is 0 Å². The Morgan fingerprint density at radius 2 is 2.00 bits per heavy atom. The van der Waals surface area contributed by atoms with Crippen molar-refractivity contribution in [3.05, 3.63) is 22.8 Å². The molecule has 2 rings (SSSR count). The number of hydrogen-bond donors (Lipinski definition) is 2. The number of aliphatic hydroxyl groups is 2. The molecule has 2 aliphatic carbocycles. The van der Waals surface area contributed by atoms with Gasteiger partial charge >= 0.3 is 5.97 Å². The molecule has 1 saturated carbocycles. The quantitative estimate of drug-likeness (QED) is 0.591. The van der Waals surface area contributed by atoms with Crippen LogP contribution in [0.15, 0.2) is 22.8 Å². The van der Waals surface area contributed by atoms with E-state index in [-0.39, 0.29) is 24.5 Å². The van der Waals surface area contributed by atoms with E-state index in [1.54, 1.807) is 0 Å². The first-order valence-electron chi connectivity index (χ1n) is 9.52. The van der Waals surface area contributed by atoms with Gasteiger partial charge < -0.3 is 14.9 Å². The van der Waals surface area contributed by atoms with E-state index in [1.165, 1.54) is 13.0 Å². The second-order valence-corrected chi connectivity index (χ2v) is 8.38. The number of ether oxygens (including phenoxy) is 1. The van der Waals surface area contributed by atoms with E-state index in [0.29, 0.717) is 12.0 Å². The van der Waals surface area contributed by atoms with E-state index in [9.17, 15) is 19.8 Å². The van der Waals surface area contributed by atoms with Crippen molar-refractivity contribution < 1.29 is 24.5 Å². The normalized spacial score (nSPS) is 35.6. The fraction of sp³-hybridized carbons (Fsp3) is 0.714. The van der Waals surface area contributed by atoms with Crippen LogP contribution in [0.3, 0.4) is 0 Å². The SMILES string of the molecule is CC/C(C)=C/C(=O)O[C@@H]1C[C@H](C(C)C)C(=O)C2=C(C)CC[C@]2(O)[C@@]1(C)O. The van der Waals surface area contributed by atoms with Gasteiger partial charge in [0.2, 0.25) is 0 Å². The molecule has 2 N–H and O–H groups in total. The molecule has 0 aromatic carbocycles. The summed E-state index contributed by atoms with van der Waals surface area (Å²) in [7, 11) is 0. The summed E-state index contributed by atoms with van der Waals surface area (Å²) in [6, 6.07) is 0. The molecular weight excluding hydrogens is 332 g/mol. The van der Waals surface area contributed by atoms with E-state index in [2.05, 4.69) is 0 Å². The molecule has 5 nitrogen and oxygen atoms in total. The number of ketones is 1. The summed E-state index contributed by atoms with van der Waals surface area (Å²) < 4.78 is 5.60. The van der Waals surface area contributed by atoms with Crippen LogP contribution in [-0.2, 0) is 14.3 Å². The van der Waals surface area contributed by atoms with E-state index < -0.39 is 29.2 Å². The second kappa shape index (κ2) is 7.28. The molecule has 2 aliphatic rings. The highest BCUT2D eigenvalue weighted by atomic mass is 16.6. The number of hydrogen-bond acceptors (Lipinski definition) is 5. The van der Waals surface area contributed by atoms with Gasteiger partial charge in [0.25, 0.3) is 0 Å². The maximum Gasteiger partial charge on any atom is 0.331 e. The van der Waals surface area contributed by atoms with Crippen molar-refractivity contribution in [3.8, 4) is 0 Å². The molecule has 0 amide bonds. The van der Waals surface area contributed by atoms with Crippen molar-refractivity contribution in [1.82, 2.24) is 0 Å². The minimum Gasteiger partial charge on any atom is -0.456 e. The van der Waals surface area contributed by atoms with Crippen LogP contribution >= 0.6 is 0 Å². The molecule has 0 unspecified atom stereocenters. The summed E-state index contributed by atoms with van der Waals surface area (Å²) in [5.74, 6) is -1.07. The molecule has 0 spiro atoms. The van der Waals surface area contributed by atoms with Crippen molar-refractivity contribution in [2.75, 3.05) is 0 Å². The first kappa shape index (κ1) is 20.8. The molecule has 4 atom stereocenters. The van der Waals surface area contributed by atoms with Gasteiger partial charge in [-0.15, -0.1) is 0 Å². The lowest BCUT2D eigenvalue weighted by Crippen LogP contribution is -2.59. The monoisotopic (exact) mass is 364 g/mol. The molecule has 146 valence electrons. The van der Waals surface area contributed by atoms with Gasteiger partial charge in [0.05, 0.1) is 0 Å². The fourth-order valence-corrected chi connectivity index (χ4v) is 4.13. The number of esters is 1. The summed E-state index contributed by atoms with van der Waals surface area (Å²) in [6.45, 7) is 11.0. The van der Waals surface area contributed by atoms with E-state index in [1.807, 2.05) is 34.6 Å². The predicted octanol–water partition coefficient (Wildman–Crippen LogP) is 3.09. The Balaban J connectivity index is 2.49. The van der Waals surface area contributed by atoms with Crippen LogP contribution < -0.4 is 0 Å². The molecule has 0 heterocycles. The van der Waals surface area contributed by atoms with Gasteiger partial charge in [-0.3, -0.25) is 4.79 Å². The second-order valence-electron chi connectivity index (χ2n) is 8.38. The highest BCUT2D eigenvalue weighted by Crippen LogP contribution is 2.50. The highest BCUT2D eigenvalue weighted by molar-refractivity contribution is 6.01. The summed E-state index contributed by atoms with van der Waals surface area (Å²) in [6.07, 6.45) is 2.19. The van der Waals surface area contributed by atoms with Gasteiger partial charge in [-0.05, 0) is 52.4 Å². The van der Waals surface area contributed by atoms with Crippen LogP contribution in [-0.4, -0.2) is 39.3 Å². The average Bonchev–Trinajstić information content (AvgIpc) is 2.83. The van der Waals surface area contributed by atoms with Crippen molar-refractivity contribution >= 4 is 11.8 Å². The highest BCUT2D eigenvalue weighted by Gasteiger charge is 2.61. The Morgan fingerprint density at radius 3 is 2.54 bits per heavy atom. The van der Waals surface area contributed by atoms with E-state index in [4.69, 9.17) is 4.74 Å². The summed E-state index contributed by atoms with van der Waals surface area (Å²) in [5, 5.41) is 22.6. The number of carbonyl (C=O) groups is 2. The molecule has 26 heavy (non-hydrogen) atoms.